The van der Waals surface area contributed by atoms with Crippen molar-refractivity contribution >= 4 is 110 Å². The van der Waals surface area contributed by atoms with Crippen LogP contribution in [-0.4, -0.2) is 24.9 Å². The Hall–Kier alpha value is -13.4. The van der Waals surface area contributed by atoms with Gasteiger partial charge in [0.25, 0.3) is 0 Å². The number of benzene rings is 5. The Bertz CT molecular complexity index is 7960. The molecule has 15 nitrogen and oxygen atoms in total. The Morgan fingerprint density at radius 2 is 0.560 bits per heavy atom. The van der Waals surface area contributed by atoms with Crippen molar-refractivity contribution in [2.75, 3.05) is 0 Å². The second kappa shape index (κ2) is 37.9. The van der Waals surface area contributed by atoms with Crippen LogP contribution in [0.4, 0.5) is 0 Å². The number of nitrogens with zero attached hydrogens (tertiary/aromatic N) is 10. The Morgan fingerprint density at radius 3 is 0.843 bits per heavy atom. The average Bonchev–Trinajstić information content (AvgIpc) is 1.62. The minimum atomic E-state index is -2.39. The van der Waals surface area contributed by atoms with E-state index in [0.717, 1.165) is 179 Å². The van der Waals surface area contributed by atoms with Gasteiger partial charge < -0.3 is 22.1 Å². The predicted octanol–water partition coefficient (Wildman–Crippen LogP) is 29.0. The quantitative estimate of drug-likeness (QED) is 0.0963. The van der Waals surface area contributed by atoms with Crippen molar-refractivity contribution in [2.45, 2.75) is 220 Å². The molecule has 0 saturated carbocycles. The highest BCUT2D eigenvalue weighted by atomic mass is 16.4. The number of furan rings is 5. The third-order valence-corrected chi connectivity index (χ3v) is 26.3. The van der Waals surface area contributed by atoms with Crippen LogP contribution in [-0.2, 0) is 53.5 Å². The largest absolute Gasteiger partial charge is 0.437 e. The summed E-state index contributed by atoms with van der Waals surface area (Å²) >= 11 is 0. The van der Waals surface area contributed by atoms with Crippen molar-refractivity contribution < 1.29 is 51.8 Å². The van der Waals surface area contributed by atoms with Crippen molar-refractivity contribution in [1.29, 1.82) is 0 Å². The Kier molecular flexibility index (Phi) is 24.7. The van der Waals surface area contributed by atoms with E-state index < -0.39 is 18.6 Å². The van der Waals surface area contributed by atoms with Crippen LogP contribution < -0.4 is 22.8 Å². The highest BCUT2D eigenvalue weighted by Gasteiger charge is 2.30. The van der Waals surface area contributed by atoms with Crippen LogP contribution in [0.1, 0.15) is 251 Å². The van der Waals surface area contributed by atoms with Gasteiger partial charge in [-0.1, -0.05) is 185 Å². The highest BCUT2D eigenvalue weighted by Crippen LogP contribution is 2.44. The van der Waals surface area contributed by atoms with Crippen LogP contribution >= 0.6 is 0 Å². The van der Waals surface area contributed by atoms with E-state index in [0.29, 0.717) is 58.1 Å². The van der Waals surface area contributed by atoms with Crippen LogP contribution in [0.5, 0.6) is 0 Å². The van der Waals surface area contributed by atoms with Crippen molar-refractivity contribution in [3.05, 3.63) is 297 Å². The summed E-state index contributed by atoms with van der Waals surface area (Å²) < 4.78 is 81.7. The molecule has 15 heterocycles. The number of fused-ring (bicyclic) bond motifs is 15. The van der Waals surface area contributed by atoms with Gasteiger partial charge in [-0.15, -0.1) is 0 Å². The van der Waals surface area contributed by atoms with Crippen molar-refractivity contribution in [3.63, 3.8) is 0 Å². The van der Waals surface area contributed by atoms with Crippen LogP contribution in [0, 0.1) is 47.4 Å². The molecule has 0 aliphatic rings. The van der Waals surface area contributed by atoms with E-state index in [4.69, 9.17) is 33.9 Å². The lowest BCUT2D eigenvalue weighted by Gasteiger charge is -2.16. The molecule has 20 rings (SSSR count). The van der Waals surface area contributed by atoms with Crippen molar-refractivity contribution in [1.82, 2.24) is 24.9 Å². The molecule has 0 N–H and O–H groups in total. The van der Waals surface area contributed by atoms with E-state index in [1.807, 2.05) is 58.2 Å². The van der Waals surface area contributed by atoms with Crippen LogP contribution in [0.15, 0.2) is 235 Å². The molecule has 0 amide bonds. The summed E-state index contributed by atoms with van der Waals surface area (Å²) in [5, 5.41) is 10.5. The first kappa shape index (κ1) is 87.3. The zero-order valence-electron chi connectivity index (χ0n) is 88.5. The molecule has 20 aromatic rings. The fourth-order valence-electron chi connectivity index (χ4n) is 18.3. The molecular formula is C119H133N10O5+5. The molecule has 15 heteroatoms. The second-order valence-electron chi connectivity index (χ2n) is 39.5. The summed E-state index contributed by atoms with van der Waals surface area (Å²) in [7, 11) is 10.4. The maximum Gasteiger partial charge on any atom is 0.227 e. The first-order valence-corrected chi connectivity index (χ1v) is 47.3. The number of aryl methyl sites for hydroxylation is 12. The van der Waals surface area contributed by atoms with Gasteiger partial charge in [0.05, 0.1) is 27.8 Å². The third kappa shape index (κ3) is 18.5. The van der Waals surface area contributed by atoms with E-state index in [1.54, 1.807) is 6.07 Å². The molecule has 684 valence electrons. The lowest BCUT2D eigenvalue weighted by atomic mass is 9.91. The molecule has 0 aliphatic heterocycles. The molecule has 0 bridgehead atoms. The SMILES string of the molecule is CCc1ccc2c(n1)oc1c(-c3ccc(C(C)C)c[n+]3C)c(C)ccc12.Cc1ccc2c(n1)oc1c(-c3ccc(C(C)C)c[n+]3C)c(C)ccc12.Cc1ccc2c(oc3nc(C(C)(C)C)ccc32)c1-c1ccc(C(C)C)c[n+]1C.[2H]C(C)(C)c1ccc2c(n1)oc1c(-c3ccc(C(C)C)c[n+]3C)c(C)ccc12.[2H]C([2H])([2H])C([2H])(C)Cc1ccc2c(n1)oc1c(-c3ccc(C(C)C)c[n+]3C)c(C)ccc12. The molecule has 0 aliphatic carbocycles. The predicted molar refractivity (Wildman–Crippen MR) is 550 cm³/mol. The fourth-order valence-corrected chi connectivity index (χ4v) is 18.3. The van der Waals surface area contributed by atoms with Gasteiger partial charge in [0.15, 0.2) is 58.9 Å². The van der Waals surface area contributed by atoms with Gasteiger partial charge in [0, 0.05) is 153 Å². The van der Waals surface area contributed by atoms with Gasteiger partial charge in [0.1, 0.15) is 35.2 Å². The van der Waals surface area contributed by atoms with Gasteiger partial charge >= 0.3 is 0 Å². The molecule has 0 spiro atoms. The standard InChI is InChI=1S/2C25H29N2O.C24H27N2O.C23H25N2O.C22H23N2O/c1-15(2)17-9-12-20(27(7)14-17)22-16(3)8-10-18-19-11-13-21(25(4,5)6)26-24(19)28-23(18)22;1-15(2)13-19-9-11-21-20-10-7-17(5)23(24(20)28-25(21)26-19)22-12-8-18(16(3)4)14-27(22)6;1-14(2)17-8-12-21(26(6)13-17)22-16(5)7-9-18-19-10-11-20(15(3)4)25-24(19)27-23(18)22;1-6-17-9-11-19-18-10-7-15(4)21(22(18)26-23(19)24-17)20-12-8-16(14(2)3)13-25(20)5;1-13(2)16-8-11-19(24(5)12-16)20-14(3)6-9-17-18-10-7-15(4)23-22(18)25-21(17)20/h8-15H,1-7H3;7-12,14-16H,13H2,1-6H3;7-15H,1-6H3;7-14H,6H2,1-5H3;6-13H,1-5H3/q5*+1/i;1D3,15D;15D;;. The van der Waals surface area contributed by atoms with E-state index in [9.17, 15) is 0 Å². The number of rotatable bonds is 14. The monoisotopic (exact) mass is 1790 g/mol. The van der Waals surface area contributed by atoms with Gasteiger partial charge in [-0.2, -0.15) is 0 Å². The zero-order valence-corrected chi connectivity index (χ0v) is 83.5. The maximum atomic E-state index is 8.27. The summed E-state index contributed by atoms with van der Waals surface area (Å²) in [5.74, 6) is 0.0740. The number of aromatic nitrogens is 10. The van der Waals surface area contributed by atoms with Crippen LogP contribution in [0.25, 0.3) is 167 Å². The Morgan fingerprint density at radius 1 is 0.299 bits per heavy atom. The van der Waals surface area contributed by atoms with E-state index >= 15 is 0 Å². The van der Waals surface area contributed by atoms with E-state index in [-0.39, 0.29) is 11.8 Å². The van der Waals surface area contributed by atoms with Crippen molar-refractivity contribution in [2.24, 2.45) is 41.1 Å². The van der Waals surface area contributed by atoms with Crippen LogP contribution in [0.3, 0.4) is 0 Å². The molecule has 1 unspecified atom stereocenters. The molecule has 1 atom stereocenters. The summed E-state index contributed by atoms with van der Waals surface area (Å²) in [5.41, 5.74) is 35.6. The van der Waals surface area contributed by atoms with E-state index in [1.165, 1.54) is 57.0 Å². The number of hydrogen-bond acceptors (Lipinski definition) is 10. The number of pyridine rings is 10. The number of hydrogen-bond donors (Lipinski definition) is 0. The smallest absolute Gasteiger partial charge is 0.227 e. The molecule has 0 saturated heterocycles. The molecular weight excluding hydrogens is 1650 g/mol. The lowest BCUT2D eigenvalue weighted by molar-refractivity contribution is -0.661. The first-order chi connectivity index (χ1) is 65.7. The highest BCUT2D eigenvalue weighted by molar-refractivity contribution is 6.13. The van der Waals surface area contributed by atoms with Gasteiger partial charge in [-0.05, 0) is 215 Å². The summed E-state index contributed by atoms with van der Waals surface area (Å²) in [6.07, 6.45) is 11.9. The summed E-state index contributed by atoms with van der Waals surface area (Å²) in [6, 6.07) is 63.6. The normalized spacial score (nSPS) is 13.2. The van der Waals surface area contributed by atoms with Gasteiger partial charge in [0.2, 0.25) is 57.0 Å². The first-order valence-electron chi connectivity index (χ1n) is 49.8. The van der Waals surface area contributed by atoms with Gasteiger partial charge in [-0.3, -0.25) is 0 Å². The van der Waals surface area contributed by atoms with E-state index in [2.05, 4.69) is 379 Å². The summed E-state index contributed by atoms with van der Waals surface area (Å²) in [4.78, 5) is 23.3. The molecule has 5 aromatic carbocycles. The summed E-state index contributed by atoms with van der Waals surface area (Å²) in [6.45, 7) is 46.0. The molecule has 134 heavy (non-hydrogen) atoms. The molecule has 15 aromatic heterocycles. The molecule has 0 radical (unpaired) electrons. The van der Waals surface area contributed by atoms with Gasteiger partial charge in [-0.25, -0.2) is 47.8 Å². The Labute approximate surface area is 796 Å². The van der Waals surface area contributed by atoms with Crippen molar-refractivity contribution in [3.8, 4) is 56.3 Å². The topological polar surface area (TPSA) is 150 Å². The maximum absolute atomic E-state index is 8.27. The zero-order chi connectivity index (χ0) is 100.0. The second-order valence-corrected chi connectivity index (χ2v) is 39.5. The Balaban J connectivity index is 0.000000126. The van der Waals surface area contributed by atoms with Crippen LogP contribution in [0.2, 0.25) is 0 Å². The average molecular weight is 1790 g/mol. The third-order valence-electron chi connectivity index (χ3n) is 26.3. The fraction of sp³-hybridized carbons (Fsp3) is 0.328. The lowest BCUT2D eigenvalue weighted by Crippen LogP contribution is -2.31. The minimum Gasteiger partial charge on any atom is -0.437 e. The molecule has 0 fully saturated rings. The minimum absolute atomic E-state index is 0.00890.